The van der Waals surface area contributed by atoms with Crippen molar-refractivity contribution in [1.29, 1.82) is 0 Å². The number of amides is 1. The molecule has 1 amide bonds. The van der Waals surface area contributed by atoms with Gasteiger partial charge < -0.3 is 15.0 Å². The summed E-state index contributed by atoms with van der Waals surface area (Å²) in [7, 11) is 1.69. The molecule has 2 unspecified atom stereocenters. The van der Waals surface area contributed by atoms with Crippen molar-refractivity contribution in [2.75, 3.05) is 33.4 Å². The summed E-state index contributed by atoms with van der Waals surface area (Å²) in [5.74, 6) is 0.648. The first-order valence-corrected chi connectivity index (χ1v) is 7.84. The van der Waals surface area contributed by atoms with Crippen molar-refractivity contribution < 1.29 is 9.53 Å². The van der Waals surface area contributed by atoms with Crippen molar-refractivity contribution in [2.24, 2.45) is 11.3 Å². The maximum Gasteiger partial charge on any atom is 0.222 e. The molecule has 0 aromatic carbocycles. The van der Waals surface area contributed by atoms with E-state index < -0.39 is 0 Å². The predicted octanol–water partition coefficient (Wildman–Crippen LogP) is 2.29. The van der Waals surface area contributed by atoms with Crippen molar-refractivity contribution in [3.05, 3.63) is 0 Å². The SMILES string of the molecule is COCCN(CC1CCCN1)C(=O)CC(C)C(C)(C)C. The van der Waals surface area contributed by atoms with E-state index in [4.69, 9.17) is 4.74 Å². The lowest BCUT2D eigenvalue weighted by Crippen LogP contribution is -2.43. The Hall–Kier alpha value is -0.610. The topological polar surface area (TPSA) is 41.6 Å². The maximum atomic E-state index is 12.5. The second-order valence-electron chi connectivity index (χ2n) is 7.10. The summed E-state index contributed by atoms with van der Waals surface area (Å²) < 4.78 is 5.14. The maximum absolute atomic E-state index is 12.5. The van der Waals surface area contributed by atoms with Gasteiger partial charge in [-0.15, -0.1) is 0 Å². The molecule has 0 bridgehead atoms. The van der Waals surface area contributed by atoms with E-state index in [0.29, 0.717) is 31.5 Å². The molecule has 0 aromatic rings. The second-order valence-corrected chi connectivity index (χ2v) is 7.10. The van der Waals surface area contributed by atoms with Crippen LogP contribution in [-0.2, 0) is 9.53 Å². The van der Waals surface area contributed by atoms with E-state index in [1.165, 1.54) is 12.8 Å². The third kappa shape index (κ3) is 5.80. The summed E-state index contributed by atoms with van der Waals surface area (Å²) in [6, 6.07) is 0.459. The summed E-state index contributed by atoms with van der Waals surface area (Å²) >= 11 is 0. The average molecular weight is 284 g/mol. The molecule has 1 aliphatic heterocycles. The van der Waals surface area contributed by atoms with E-state index in [-0.39, 0.29) is 11.3 Å². The molecule has 118 valence electrons. The molecular formula is C16H32N2O2. The number of rotatable bonds is 7. The van der Waals surface area contributed by atoms with Gasteiger partial charge in [0, 0.05) is 32.7 Å². The third-order valence-corrected chi connectivity index (χ3v) is 4.48. The normalized spacial score (nSPS) is 20.9. The lowest BCUT2D eigenvalue weighted by atomic mass is 9.80. The number of nitrogens with zero attached hydrogens (tertiary/aromatic N) is 1. The summed E-state index contributed by atoms with van der Waals surface area (Å²) in [6.07, 6.45) is 3.01. The van der Waals surface area contributed by atoms with Crippen LogP contribution in [0.25, 0.3) is 0 Å². The fraction of sp³-hybridized carbons (Fsp3) is 0.938. The molecular weight excluding hydrogens is 252 g/mol. The monoisotopic (exact) mass is 284 g/mol. The Morgan fingerprint density at radius 2 is 2.15 bits per heavy atom. The number of hydrogen-bond acceptors (Lipinski definition) is 3. The average Bonchev–Trinajstić information content (AvgIpc) is 2.85. The van der Waals surface area contributed by atoms with Crippen LogP contribution in [0, 0.1) is 11.3 Å². The molecule has 1 saturated heterocycles. The van der Waals surface area contributed by atoms with Crippen LogP contribution in [-0.4, -0.2) is 50.2 Å². The summed E-state index contributed by atoms with van der Waals surface area (Å²) in [5, 5.41) is 3.47. The van der Waals surface area contributed by atoms with Crippen LogP contribution in [0.3, 0.4) is 0 Å². The number of nitrogens with one attached hydrogen (secondary N) is 1. The van der Waals surface area contributed by atoms with Gasteiger partial charge in [0.1, 0.15) is 0 Å². The molecule has 1 aliphatic rings. The Balaban J connectivity index is 2.54. The van der Waals surface area contributed by atoms with Gasteiger partial charge in [0.2, 0.25) is 5.91 Å². The molecule has 1 heterocycles. The molecule has 0 radical (unpaired) electrons. The summed E-state index contributed by atoms with van der Waals surface area (Å²) in [5.41, 5.74) is 0.175. The largest absolute Gasteiger partial charge is 0.383 e. The van der Waals surface area contributed by atoms with E-state index in [9.17, 15) is 4.79 Å². The molecule has 1 fully saturated rings. The zero-order chi connectivity index (χ0) is 15.2. The molecule has 0 aromatic heterocycles. The highest BCUT2D eigenvalue weighted by atomic mass is 16.5. The van der Waals surface area contributed by atoms with Crippen molar-refractivity contribution in [2.45, 2.75) is 53.0 Å². The van der Waals surface area contributed by atoms with E-state index in [2.05, 4.69) is 33.0 Å². The van der Waals surface area contributed by atoms with Crippen molar-refractivity contribution >= 4 is 5.91 Å². The van der Waals surface area contributed by atoms with E-state index in [1.807, 2.05) is 4.90 Å². The molecule has 4 nitrogen and oxygen atoms in total. The van der Waals surface area contributed by atoms with Crippen molar-refractivity contribution in [1.82, 2.24) is 10.2 Å². The number of carbonyl (C=O) groups excluding carboxylic acids is 1. The van der Waals surface area contributed by atoms with Gasteiger partial charge in [0.15, 0.2) is 0 Å². The molecule has 1 N–H and O–H groups in total. The van der Waals surface area contributed by atoms with Crippen LogP contribution in [0.1, 0.15) is 47.0 Å². The zero-order valence-electron chi connectivity index (χ0n) is 13.9. The molecule has 2 atom stereocenters. The lowest BCUT2D eigenvalue weighted by Gasteiger charge is -2.31. The Labute approximate surface area is 124 Å². The fourth-order valence-electron chi connectivity index (χ4n) is 2.40. The van der Waals surface area contributed by atoms with Crippen LogP contribution in [0.15, 0.2) is 0 Å². The minimum Gasteiger partial charge on any atom is -0.383 e. The van der Waals surface area contributed by atoms with E-state index in [0.717, 1.165) is 13.1 Å². The number of hydrogen-bond donors (Lipinski definition) is 1. The zero-order valence-corrected chi connectivity index (χ0v) is 13.9. The van der Waals surface area contributed by atoms with Gasteiger partial charge in [-0.05, 0) is 30.7 Å². The molecule has 20 heavy (non-hydrogen) atoms. The van der Waals surface area contributed by atoms with E-state index >= 15 is 0 Å². The van der Waals surface area contributed by atoms with Gasteiger partial charge in [-0.25, -0.2) is 0 Å². The summed E-state index contributed by atoms with van der Waals surface area (Å²) in [6.45, 7) is 12.0. The highest BCUT2D eigenvalue weighted by Crippen LogP contribution is 2.28. The standard InChI is InChI=1S/C16H32N2O2/c1-13(16(2,3)4)11-15(19)18(9-10-20-5)12-14-7-6-8-17-14/h13-14,17H,6-12H2,1-5H3. The van der Waals surface area contributed by atoms with Gasteiger partial charge in [-0.2, -0.15) is 0 Å². The van der Waals surface area contributed by atoms with Crippen LogP contribution in [0.2, 0.25) is 0 Å². The third-order valence-electron chi connectivity index (χ3n) is 4.48. The lowest BCUT2D eigenvalue weighted by molar-refractivity contribution is -0.133. The first-order chi connectivity index (χ1) is 9.34. The van der Waals surface area contributed by atoms with E-state index in [1.54, 1.807) is 7.11 Å². The Morgan fingerprint density at radius 1 is 1.45 bits per heavy atom. The first kappa shape index (κ1) is 17.4. The minimum absolute atomic E-state index is 0.175. The van der Waals surface area contributed by atoms with Crippen LogP contribution < -0.4 is 5.32 Å². The van der Waals surface area contributed by atoms with Crippen LogP contribution >= 0.6 is 0 Å². The van der Waals surface area contributed by atoms with Gasteiger partial charge in [-0.3, -0.25) is 4.79 Å². The van der Waals surface area contributed by atoms with Crippen LogP contribution in [0.5, 0.6) is 0 Å². The van der Waals surface area contributed by atoms with Crippen molar-refractivity contribution in [3.8, 4) is 0 Å². The highest BCUT2D eigenvalue weighted by Gasteiger charge is 2.26. The quantitative estimate of drug-likeness (QED) is 0.780. The Morgan fingerprint density at radius 3 is 2.65 bits per heavy atom. The van der Waals surface area contributed by atoms with Crippen molar-refractivity contribution in [3.63, 3.8) is 0 Å². The molecule has 4 heteroatoms. The number of ether oxygens (including phenoxy) is 1. The summed E-state index contributed by atoms with van der Waals surface area (Å²) in [4.78, 5) is 14.5. The van der Waals surface area contributed by atoms with Gasteiger partial charge in [0.25, 0.3) is 0 Å². The second kappa shape index (κ2) is 7.99. The smallest absolute Gasteiger partial charge is 0.222 e. The van der Waals surface area contributed by atoms with Gasteiger partial charge in [0.05, 0.1) is 6.61 Å². The predicted molar refractivity (Wildman–Crippen MR) is 82.7 cm³/mol. The molecule has 0 aliphatic carbocycles. The van der Waals surface area contributed by atoms with Gasteiger partial charge in [-0.1, -0.05) is 27.7 Å². The minimum atomic E-state index is 0.175. The van der Waals surface area contributed by atoms with Gasteiger partial charge >= 0.3 is 0 Å². The Bertz CT molecular complexity index is 293. The Kier molecular flexibility index (Phi) is 6.96. The molecule has 0 saturated carbocycles. The van der Waals surface area contributed by atoms with Crippen LogP contribution in [0.4, 0.5) is 0 Å². The molecule has 0 spiro atoms. The number of carbonyl (C=O) groups is 1. The highest BCUT2D eigenvalue weighted by molar-refractivity contribution is 5.76. The molecule has 1 rings (SSSR count). The fourth-order valence-corrected chi connectivity index (χ4v) is 2.40. The number of methoxy groups -OCH3 is 1. The first-order valence-electron chi connectivity index (χ1n) is 7.84.